The molecule has 8 heteroatoms. The number of aliphatic imine (C=N–C) groups is 1. The van der Waals surface area contributed by atoms with Crippen LogP contribution in [0.4, 0.5) is 0 Å². The number of carbonyl (C=O) groups is 1. The highest BCUT2D eigenvalue weighted by molar-refractivity contribution is 14.0. The maximum atomic E-state index is 12.1. The Labute approximate surface area is 183 Å². The van der Waals surface area contributed by atoms with Gasteiger partial charge in [0.1, 0.15) is 11.9 Å². The first-order valence-corrected chi connectivity index (χ1v) is 9.05. The predicted octanol–water partition coefficient (Wildman–Crippen LogP) is 2.43. The van der Waals surface area contributed by atoms with E-state index in [4.69, 9.17) is 4.42 Å². The van der Waals surface area contributed by atoms with Crippen molar-refractivity contribution in [1.82, 2.24) is 15.5 Å². The fraction of sp³-hybridized carbons (Fsp3) is 0.400. The third kappa shape index (κ3) is 7.51. The van der Waals surface area contributed by atoms with E-state index in [1.54, 1.807) is 31.1 Å². The zero-order valence-corrected chi connectivity index (χ0v) is 18.8. The Balaban J connectivity index is 0.00000392. The number of rotatable bonds is 8. The van der Waals surface area contributed by atoms with Crippen LogP contribution in [-0.2, 0) is 6.42 Å². The molecule has 1 aromatic carbocycles. The summed E-state index contributed by atoms with van der Waals surface area (Å²) in [6, 6.07) is 11.1. The number of hydrogen-bond acceptors (Lipinski definition) is 4. The quantitative estimate of drug-likeness (QED) is 0.295. The molecule has 3 N–H and O–H groups in total. The van der Waals surface area contributed by atoms with Crippen LogP contribution in [0.15, 0.2) is 52.1 Å². The van der Waals surface area contributed by atoms with Crippen LogP contribution in [0.5, 0.6) is 0 Å². The van der Waals surface area contributed by atoms with Crippen molar-refractivity contribution >= 4 is 35.8 Å². The van der Waals surface area contributed by atoms with Crippen LogP contribution in [0.25, 0.3) is 0 Å². The molecule has 2 aromatic rings. The Morgan fingerprint density at radius 1 is 1.25 bits per heavy atom. The molecule has 1 atom stereocenters. The molecule has 7 nitrogen and oxygen atoms in total. The number of carbonyl (C=O) groups excluding carboxylic acids is 1. The molecule has 1 heterocycles. The van der Waals surface area contributed by atoms with Gasteiger partial charge in [-0.25, -0.2) is 0 Å². The van der Waals surface area contributed by atoms with Gasteiger partial charge in [-0.15, -0.1) is 24.0 Å². The van der Waals surface area contributed by atoms with Crippen molar-refractivity contribution in [1.29, 1.82) is 0 Å². The van der Waals surface area contributed by atoms with E-state index in [0.717, 1.165) is 18.5 Å². The van der Waals surface area contributed by atoms with E-state index in [9.17, 15) is 9.90 Å². The molecule has 2 rings (SSSR count). The van der Waals surface area contributed by atoms with E-state index in [1.165, 1.54) is 6.26 Å². The molecule has 0 spiro atoms. The lowest BCUT2D eigenvalue weighted by molar-refractivity contribution is 0.0827. The van der Waals surface area contributed by atoms with Gasteiger partial charge in [-0.2, -0.15) is 0 Å². The number of benzene rings is 1. The highest BCUT2D eigenvalue weighted by atomic mass is 127. The van der Waals surface area contributed by atoms with Crippen molar-refractivity contribution in [3.63, 3.8) is 0 Å². The van der Waals surface area contributed by atoms with Gasteiger partial charge in [0.2, 0.25) is 0 Å². The first kappa shape index (κ1) is 24.0. The van der Waals surface area contributed by atoms with Gasteiger partial charge in [0.15, 0.2) is 5.96 Å². The first-order chi connectivity index (χ1) is 13.0. The number of aliphatic hydroxyl groups excluding tert-OH is 1. The molecule has 0 fully saturated rings. The Morgan fingerprint density at radius 3 is 2.68 bits per heavy atom. The highest BCUT2D eigenvalue weighted by Crippen LogP contribution is 2.13. The standard InChI is InChI=1S/C20H28N4O3.HI/c1-4-21-20(23-14-17(25)18-9-6-12-27-18)22-11-10-15-7-5-8-16(13-15)19(26)24(2)3;/h5-9,12-13,17,25H,4,10-11,14H2,1-3H3,(H2,21,22,23);1H. The van der Waals surface area contributed by atoms with Crippen molar-refractivity contribution in [2.45, 2.75) is 19.4 Å². The fourth-order valence-electron chi connectivity index (χ4n) is 2.53. The van der Waals surface area contributed by atoms with Crippen LogP contribution in [-0.4, -0.2) is 55.6 Å². The number of guanidine groups is 1. The Morgan fingerprint density at radius 2 is 2.04 bits per heavy atom. The van der Waals surface area contributed by atoms with Gasteiger partial charge >= 0.3 is 0 Å². The molecule has 0 radical (unpaired) electrons. The first-order valence-electron chi connectivity index (χ1n) is 9.05. The minimum absolute atomic E-state index is 0. The zero-order chi connectivity index (χ0) is 19.6. The van der Waals surface area contributed by atoms with Gasteiger partial charge in [0.25, 0.3) is 5.91 Å². The molecule has 0 aliphatic carbocycles. The van der Waals surface area contributed by atoms with Crippen molar-refractivity contribution < 1.29 is 14.3 Å². The molecule has 1 amide bonds. The van der Waals surface area contributed by atoms with Crippen LogP contribution in [0.2, 0.25) is 0 Å². The van der Waals surface area contributed by atoms with Gasteiger partial charge in [-0.1, -0.05) is 12.1 Å². The third-order valence-electron chi connectivity index (χ3n) is 3.92. The van der Waals surface area contributed by atoms with Gasteiger partial charge in [-0.3, -0.25) is 9.79 Å². The molecule has 1 aromatic heterocycles. The van der Waals surface area contributed by atoms with E-state index in [-0.39, 0.29) is 36.4 Å². The summed E-state index contributed by atoms with van der Waals surface area (Å²) in [5.74, 6) is 1.12. The van der Waals surface area contributed by atoms with Gasteiger partial charge in [-0.05, 0) is 43.2 Å². The van der Waals surface area contributed by atoms with Crippen LogP contribution in [0.1, 0.15) is 34.7 Å². The molecule has 0 saturated heterocycles. The number of nitrogens with zero attached hydrogens (tertiary/aromatic N) is 2. The number of hydrogen-bond donors (Lipinski definition) is 3. The van der Waals surface area contributed by atoms with E-state index in [1.807, 2.05) is 31.2 Å². The molecule has 0 aliphatic heterocycles. The second-order valence-corrected chi connectivity index (χ2v) is 6.33. The summed E-state index contributed by atoms with van der Waals surface area (Å²) < 4.78 is 5.18. The Kier molecular flexibility index (Phi) is 10.6. The van der Waals surface area contributed by atoms with E-state index in [2.05, 4.69) is 15.6 Å². The summed E-state index contributed by atoms with van der Waals surface area (Å²) in [4.78, 5) is 18.0. The summed E-state index contributed by atoms with van der Waals surface area (Å²) in [5, 5.41) is 16.5. The number of halogens is 1. The van der Waals surface area contributed by atoms with Crippen LogP contribution in [0, 0.1) is 0 Å². The molecule has 1 unspecified atom stereocenters. The second-order valence-electron chi connectivity index (χ2n) is 6.33. The second kappa shape index (κ2) is 12.4. The van der Waals surface area contributed by atoms with Gasteiger partial charge < -0.3 is 25.1 Å². The van der Waals surface area contributed by atoms with Gasteiger partial charge in [0.05, 0.1) is 12.8 Å². The topological polar surface area (TPSA) is 90.1 Å². The number of amides is 1. The van der Waals surface area contributed by atoms with E-state index >= 15 is 0 Å². The Bertz CT molecular complexity index is 748. The molecule has 0 bridgehead atoms. The SMILES string of the molecule is CCNC(=NCC(O)c1ccco1)NCCc1cccc(C(=O)N(C)C)c1.I. The molecule has 28 heavy (non-hydrogen) atoms. The largest absolute Gasteiger partial charge is 0.467 e. The Hall–Kier alpha value is -2.07. The summed E-state index contributed by atoms with van der Waals surface area (Å²) >= 11 is 0. The molecule has 0 aliphatic rings. The van der Waals surface area contributed by atoms with Crippen molar-refractivity contribution in [3.05, 3.63) is 59.5 Å². The van der Waals surface area contributed by atoms with Gasteiger partial charge in [0, 0.05) is 32.7 Å². The van der Waals surface area contributed by atoms with Crippen LogP contribution < -0.4 is 10.6 Å². The van der Waals surface area contributed by atoms with Crippen molar-refractivity contribution in [2.24, 2.45) is 4.99 Å². The summed E-state index contributed by atoms with van der Waals surface area (Å²) in [7, 11) is 3.49. The zero-order valence-electron chi connectivity index (χ0n) is 16.5. The van der Waals surface area contributed by atoms with Crippen molar-refractivity contribution in [2.75, 3.05) is 33.7 Å². The number of nitrogens with one attached hydrogen (secondary N) is 2. The molecule has 0 saturated carbocycles. The van der Waals surface area contributed by atoms with Crippen LogP contribution in [0.3, 0.4) is 0 Å². The lowest BCUT2D eigenvalue weighted by Gasteiger charge is -2.13. The van der Waals surface area contributed by atoms with Crippen molar-refractivity contribution in [3.8, 4) is 0 Å². The van der Waals surface area contributed by atoms with E-state index < -0.39 is 6.10 Å². The minimum atomic E-state index is -0.774. The maximum Gasteiger partial charge on any atom is 0.253 e. The van der Waals surface area contributed by atoms with E-state index in [0.29, 0.717) is 23.8 Å². The molecular weight excluding hydrogens is 471 g/mol. The summed E-state index contributed by atoms with van der Waals surface area (Å²) in [5.41, 5.74) is 1.75. The average Bonchev–Trinajstić information content (AvgIpc) is 3.20. The maximum absolute atomic E-state index is 12.1. The third-order valence-corrected chi connectivity index (χ3v) is 3.92. The van der Waals surface area contributed by atoms with Crippen LogP contribution >= 0.6 is 24.0 Å². The predicted molar refractivity (Wildman–Crippen MR) is 121 cm³/mol. The monoisotopic (exact) mass is 500 g/mol. The normalized spacial score (nSPS) is 12.1. The molecule has 154 valence electrons. The number of furan rings is 1. The fourth-order valence-corrected chi connectivity index (χ4v) is 2.53. The summed E-state index contributed by atoms with van der Waals surface area (Å²) in [6.45, 7) is 3.56. The average molecular weight is 500 g/mol. The summed E-state index contributed by atoms with van der Waals surface area (Å²) in [6.07, 6.45) is 1.50. The lowest BCUT2D eigenvalue weighted by atomic mass is 10.1. The lowest BCUT2D eigenvalue weighted by Crippen LogP contribution is -2.38. The highest BCUT2D eigenvalue weighted by Gasteiger charge is 2.10. The molecular formula is C20H29IN4O3. The minimum Gasteiger partial charge on any atom is -0.467 e. The smallest absolute Gasteiger partial charge is 0.253 e. The number of aliphatic hydroxyl groups is 1.